The predicted molar refractivity (Wildman–Crippen MR) is 110 cm³/mol. The van der Waals surface area contributed by atoms with Gasteiger partial charge in [-0.1, -0.05) is 35.5 Å². The lowest BCUT2D eigenvalue weighted by atomic mass is 9.75. The van der Waals surface area contributed by atoms with E-state index in [1.807, 2.05) is 30.3 Å². The highest BCUT2D eigenvalue weighted by Gasteiger charge is 2.52. The predicted octanol–water partition coefficient (Wildman–Crippen LogP) is 1.16. The normalized spacial score (nSPS) is 17.7. The van der Waals surface area contributed by atoms with Gasteiger partial charge in [-0.2, -0.15) is 9.29 Å². The summed E-state index contributed by atoms with van der Waals surface area (Å²) in [5.74, 6) is 1.29. The minimum absolute atomic E-state index is 0.0306. The van der Waals surface area contributed by atoms with E-state index >= 15 is 0 Å². The Bertz CT molecular complexity index is 998. The van der Waals surface area contributed by atoms with Gasteiger partial charge in [0.05, 0.1) is 17.7 Å². The second-order valence-electron chi connectivity index (χ2n) is 7.72. The summed E-state index contributed by atoms with van der Waals surface area (Å²) in [6.07, 6.45) is 2.61. The Morgan fingerprint density at radius 2 is 1.97 bits per heavy atom. The number of nitrogens with zero attached hydrogens (tertiary/aromatic N) is 3. The number of hydrogen-bond acceptors (Lipinski definition) is 7. The van der Waals surface area contributed by atoms with Crippen molar-refractivity contribution in [1.82, 2.24) is 19.8 Å². The van der Waals surface area contributed by atoms with Crippen LogP contribution in [0.4, 0.5) is 0 Å². The van der Waals surface area contributed by atoms with Gasteiger partial charge in [-0.15, -0.1) is 0 Å². The van der Waals surface area contributed by atoms with Crippen molar-refractivity contribution in [3.63, 3.8) is 0 Å². The van der Waals surface area contributed by atoms with E-state index in [0.717, 1.165) is 18.4 Å². The van der Waals surface area contributed by atoms with Crippen LogP contribution in [0.3, 0.4) is 0 Å². The summed E-state index contributed by atoms with van der Waals surface area (Å²) >= 11 is 0. The summed E-state index contributed by atoms with van der Waals surface area (Å²) in [6.45, 7) is 1.90. The second kappa shape index (κ2) is 9.56. The van der Waals surface area contributed by atoms with Crippen LogP contribution in [0.5, 0.6) is 0 Å². The van der Waals surface area contributed by atoms with E-state index < -0.39 is 15.4 Å². The van der Waals surface area contributed by atoms with Crippen molar-refractivity contribution in [2.24, 2.45) is 5.41 Å². The van der Waals surface area contributed by atoms with Crippen LogP contribution in [0.1, 0.15) is 43.0 Å². The largest absolute Gasteiger partial charge is 0.483 e. The van der Waals surface area contributed by atoms with Crippen LogP contribution in [0.25, 0.3) is 0 Å². The number of sulfonamides is 1. The first-order valence-corrected chi connectivity index (χ1v) is 11.6. The molecule has 2 aliphatic rings. The molecule has 1 aromatic heterocycles. The number of nitrogens with one attached hydrogen (secondary N) is 1. The Morgan fingerprint density at radius 1 is 1.32 bits per heavy atom. The van der Waals surface area contributed by atoms with Gasteiger partial charge in [0.25, 0.3) is 6.47 Å². The van der Waals surface area contributed by atoms with Crippen LogP contribution < -0.4 is 5.32 Å². The van der Waals surface area contributed by atoms with Crippen LogP contribution in [-0.2, 0) is 32.6 Å². The lowest BCUT2D eigenvalue weighted by Gasteiger charge is -2.47. The molecule has 4 rings (SSSR count). The third-order valence-corrected chi connectivity index (χ3v) is 7.18. The standard InChI is InChI=1S/C19H24N4O4S.CH2O2/c1-2-28(25,26)23-12-19(13-23,10-14-6-4-3-5-7-14)18(24)20-11-16-21-17(27-22-16)15-8-9-15;2-1-3/h3-7,15H,2,8-13H2,1H3,(H,20,24);1H,(H,2,3). The Labute approximate surface area is 180 Å². The highest BCUT2D eigenvalue weighted by molar-refractivity contribution is 7.89. The van der Waals surface area contributed by atoms with Crippen LogP contribution in [0, 0.1) is 5.41 Å². The topological polar surface area (TPSA) is 143 Å². The van der Waals surface area contributed by atoms with E-state index in [1.165, 1.54) is 4.31 Å². The maximum atomic E-state index is 13.0. The zero-order valence-corrected chi connectivity index (χ0v) is 18.0. The van der Waals surface area contributed by atoms with E-state index in [0.29, 0.717) is 24.1 Å². The van der Waals surface area contributed by atoms with Gasteiger partial charge < -0.3 is 14.9 Å². The smallest absolute Gasteiger partial charge is 0.290 e. The maximum Gasteiger partial charge on any atom is 0.290 e. The minimum Gasteiger partial charge on any atom is -0.483 e. The lowest BCUT2D eigenvalue weighted by molar-refractivity contribution is -0.137. The summed E-state index contributed by atoms with van der Waals surface area (Å²) in [5, 5.41) is 13.7. The number of benzene rings is 1. The summed E-state index contributed by atoms with van der Waals surface area (Å²) in [4.78, 5) is 25.7. The molecule has 2 heterocycles. The maximum absolute atomic E-state index is 13.0. The van der Waals surface area contributed by atoms with Gasteiger partial charge in [-0.3, -0.25) is 9.59 Å². The molecule has 1 aliphatic carbocycles. The number of carbonyl (C=O) groups is 2. The molecular weight excluding hydrogens is 424 g/mol. The van der Waals surface area contributed by atoms with Crippen molar-refractivity contribution in [3.8, 4) is 0 Å². The number of aromatic nitrogens is 2. The highest BCUT2D eigenvalue weighted by atomic mass is 32.2. The van der Waals surface area contributed by atoms with Gasteiger partial charge in [-0.05, 0) is 31.7 Å². The van der Waals surface area contributed by atoms with Crippen molar-refractivity contribution in [3.05, 3.63) is 47.6 Å². The third kappa shape index (κ3) is 5.47. The van der Waals surface area contributed by atoms with E-state index in [9.17, 15) is 13.2 Å². The molecule has 1 aromatic carbocycles. The number of carbonyl (C=O) groups excluding carboxylic acids is 1. The van der Waals surface area contributed by atoms with E-state index in [-0.39, 0.29) is 37.8 Å². The van der Waals surface area contributed by atoms with Gasteiger partial charge in [0.2, 0.25) is 21.8 Å². The van der Waals surface area contributed by atoms with Gasteiger partial charge in [0.15, 0.2) is 5.82 Å². The molecule has 31 heavy (non-hydrogen) atoms. The van der Waals surface area contributed by atoms with Crippen molar-refractivity contribution < 1.29 is 27.6 Å². The molecule has 2 aromatic rings. The van der Waals surface area contributed by atoms with Crippen LogP contribution >= 0.6 is 0 Å². The Balaban J connectivity index is 0.000000858. The van der Waals surface area contributed by atoms with Gasteiger partial charge >= 0.3 is 0 Å². The average Bonchev–Trinajstić information content (AvgIpc) is 3.48. The monoisotopic (exact) mass is 450 g/mol. The zero-order valence-electron chi connectivity index (χ0n) is 17.2. The fourth-order valence-electron chi connectivity index (χ4n) is 3.51. The molecule has 0 bridgehead atoms. The summed E-state index contributed by atoms with van der Waals surface area (Å²) in [5.41, 5.74) is 0.217. The van der Waals surface area contributed by atoms with Gasteiger partial charge in [0, 0.05) is 19.0 Å². The average molecular weight is 451 g/mol. The molecule has 168 valence electrons. The number of rotatable bonds is 8. The highest BCUT2D eigenvalue weighted by Crippen LogP contribution is 2.39. The Hall–Kier alpha value is -2.79. The van der Waals surface area contributed by atoms with Crippen LogP contribution in [0.2, 0.25) is 0 Å². The van der Waals surface area contributed by atoms with Crippen LogP contribution in [0.15, 0.2) is 34.9 Å². The zero-order chi connectivity index (χ0) is 22.5. The van der Waals surface area contributed by atoms with E-state index in [1.54, 1.807) is 6.92 Å². The lowest BCUT2D eigenvalue weighted by Crippen LogP contribution is -2.65. The number of amides is 1. The van der Waals surface area contributed by atoms with E-state index in [4.69, 9.17) is 14.4 Å². The molecule has 0 spiro atoms. The molecule has 2 N–H and O–H groups in total. The summed E-state index contributed by atoms with van der Waals surface area (Å²) in [7, 11) is -3.31. The molecule has 0 atom stereocenters. The molecule has 1 amide bonds. The fourth-order valence-corrected chi connectivity index (χ4v) is 4.77. The number of hydrogen-bond donors (Lipinski definition) is 2. The Morgan fingerprint density at radius 3 is 2.55 bits per heavy atom. The molecule has 2 fully saturated rings. The number of carboxylic acid groups (broad SMARTS) is 1. The van der Waals surface area contributed by atoms with E-state index in [2.05, 4.69) is 15.5 Å². The molecule has 0 unspecified atom stereocenters. The first kappa shape index (κ1) is 22.9. The van der Waals surface area contributed by atoms with Crippen molar-refractivity contribution >= 4 is 22.4 Å². The SMILES string of the molecule is CCS(=O)(=O)N1CC(Cc2ccccc2)(C(=O)NCc2noc(C3CC3)n2)C1.O=CO. The van der Waals surface area contributed by atoms with Crippen LogP contribution in [-0.4, -0.2) is 59.2 Å². The second-order valence-corrected chi connectivity index (χ2v) is 9.98. The molecule has 1 saturated carbocycles. The molecule has 10 nitrogen and oxygen atoms in total. The van der Waals surface area contributed by atoms with Gasteiger partial charge in [0.1, 0.15) is 0 Å². The molecular formula is C20H26N4O6S. The quantitative estimate of drug-likeness (QED) is 0.571. The first-order valence-electron chi connectivity index (χ1n) is 10.0. The molecule has 1 aliphatic heterocycles. The fraction of sp³-hybridized carbons (Fsp3) is 0.500. The molecule has 1 saturated heterocycles. The van der Waals surface area contributed by atoms with Crippen molar-refractivity contribution in [1.29, 1.82) is 0 Å². The summed E-state index contributed by atoms with van der Waals surface area (Å²) < 4.78 is 30.9. The first-order chi connectivity index (χ1) is 14.8. The minimum atomic E-state index is -3.31. The van der Waals surface area contributed by atoms with Gasteiger partial charge in [-0.25, -0.2) is 8.42 Å². The molecule has 11 heteroatoms. The Kier molecular flexibility index (Phi) is 7.06. The van der Waals surface area contributed by atoms with Crippen molar-refractivity contribution in [2.75, 3.05) is 18.8 Å². The van der Waals surface area contributed by atoms with Crippen molar-refractivity contribution in [2.45, 2.75) is 38.6 Å². The third-order valence-electron chi connectivity index (χ3n) is 5.40. The molecule has 0 radical (unpaired) electrons. The summed E-state index contributed by atoms with van der Waals surface area (Å²) in [6, 6.07) is 9.65.